The summed E-state index contributed by atoms with van der Waals surface area (Å²) in [5, 5.41) is 9.37. The maximum Gasteiger partial charge on any atom is 0.335 e. The lowest BCUT2D eigenvalue weighted by Gasteiger charge is -2.04. The molecule has 1 N–H and O–H groups in total. The number of carboxylic acids is 1. The molecule has 0 saturated carbocycles. The molecule has 0 radical (unpaired) electrons. The minimum atomic E-state index is -0.969. The quantitative estimate of drug-likeness (QED) is 0.907. The second-order valence-electron chi connectivity index (χ2n) is 3.69. The first-order valence-electron chi connectivity index (χ1n) is 5.07. The number of aromatic nitrogens is 1. The molecule has 86 valence electrons. The molecule has 0 saturated heterocycles. The highest BCUT2D eigenvalue weighted by Crippen LogP contribution is 2.18. The standard InChI is InChI=1S/C13H10ClNO2/c14-12-7-10(6-11(8-12)13(16)17)5-9-1-3-15-4-2-9/h1-4,6-8H,5H2,(H,16,17). The van der Waals surface area contributed by atoms with Gasteiger partial charge in [-0.05, 0) is 47.9 Å². The van der Waals surface area contributed by atoms with E-state index in [1.54, 1.807) is 24.5 Å². The van der Waals surface area contributed by atoms with Gasteiger partial charge in [-0.15, -0.1) is 0 Å². The van der Waals surface area contributed by atoms with Gasteiger partial charge in [0, 0.05) is 17.4 Å². The van der Waals surface area contributed by atoms with Crippen LogP contribution in [0.1, 0.15) is 21.5 Å². The number of pyridine rings is 1. The van der Waals surface area contributed by atoms with Gasteiger partial charge in [0.05, 0.1) is 5.56 Å². The summed E-state index contributed by atoms with van der Waals surface area (Å²) < 4.78 is 0. The van der Waals surface area contributed by atoms with Crippen LogP contribution in [-0.2, 0) is 6.42 Å². The third-order valence-electron chi connectivity index (χ3n) is 2.36. The van der Waals surface area contributed by atoms with Crippen molar-refractivity contribution in [1.82, 2.24) is 4.98 Å². The predicted molar refractivity (Wildman–Crippen MR) is 65.5 cm³/mol. The van der Waals surface area contributed by atoms with Crippen LogP contribution in [0.5, 0.6) is 0 Å². The van der Waals surface area contributed by atoms with Gasteiger partial charge >= 0.3 is 5.97 Å². The minimum Gasteiger partial charge on any atom is -0.478 e. The average molecular weight is 248 g/mol. The zero-order valence-electron chi connectivity index (χ0n) is 8.93. The number of nitrogens with zero attached hydrogens (tertiary/aromatic N) is 1. The van der Waals surface area contributed by atoms with Crippen molar-refractivity contribution in [2.24, 2.45) is 0 Å². The molecule has 0 bridgehead atoms. The maximum absolute atomic E-state index is 10.9. The Morgan fingerprint density at radius 2 is 1.88 bits per heavy atom. The SMILES string of the molecule is O=C(O)c1cc(Cl)cc(Cc2ccncc2)c1. The number of rotatable bonds is 3. The number of hydrogen-bond acceptors (Lipinski definition) is 2. The molecule has 4 heteroatoms. The monoisotopic (exact) mass is 247 g/mol. The molecule has 0 aliphatic carbocycles. The smallest absolute Gasteiger partial charge is 0.335 e. The summed E-state index contributed by atoms with van der Waals surface area (Å²) in [4.78, 5) is 14.8. The van der Waals surface area contributed by atoms with E-state index in [2.05, 4.69) is 4.98 Å². The van der Waals surface area contributed by atoms with Crippen molar-refractivity contribution in [3.8, 4) is 0 Å². The summed E-state index contributed by atoms with van der Waals surface area (Å²) in [6.07, 6.45) is 4.05. The molecular formula is C13H10ClNO2. The van der Waals surface area contributed by atoms with Crippen molar-refractivity contribution < 1.29 is 9.90 Å². The topological polar surface area (TPSA) is 50.2 Å². The molecule has 0 amide bonds. The lowest BCUT2D eigenvalue weighted by Crippen LogP contribution is -1.98. The largest absolute Gasteiger partial charge is 0.478 e. The second-order valence-corrected chi connectivity index (χ2v) is 4.12. The second kappa shape index (κ2) is 4.97. The van der Waals surface area contributed by atoms with E-state index in [1.807, 2.05) is 12.1 Å². The average Bonchev–Trinajstić information content (AvgIpc) is 2.29. The van der Waals surface area contributed by atoms with Gasteiger partial charge in [0.2, 0.25) is 0 Å². The first kappa shape index (κ1) is 11.6. The van der Waals surface area contributed by atoms with Crippen LogP contribution >= 0.6 is 11.6 Å². The fraction of sp³-hybridized carbons (Fsp3) is 0.0769. The molecule has 0 atom stereocenters. The van der Waals surface area contributed by atoms with Crippen molar-refractivity contribution in [3.63, 3.8) is 0 Å². The third kappa shape index (κ3) is 3.04. The van der Waals surface area contributed by atoms with Gasteiger partial charge < -0.3 is 5.11 Å². The molecule has 0 aliphatic rings. The first-order chi connectivity index (χ1) is 8.15. The van der Waals surface area contributed by atoms with Crippen molar-refractivity contribution in [2.45, 2.75) is 6.42 Å². The zero-order chi connectivity index (χ0) is 12.3. The summed E-state index contributed by atoms with van der Waals surface area (Å²) >= 11 is 5.88. The fourth-order valence-corrected chi connectivity index (χ4v) is 1.87. The highest BCUT2D eigenvalue weighted by atomic mass is 35.5. The van der Waals surface area contributed by atoms with Crippen LogP contribution in [0.4, 0.5) is 0 Å². The number of halogens is 1. The van der Waals surface area contributed by atoms with E-state index in [9.17, 15) is 4.79 Å². The van der Waals surface area contributed by atoms with Crippen LogP contribution in [0.2, 0.25) is 5.02 Å². The van der Waals surface area contributed by atoms with Crippen LogP contribution in [-0.4, -0.2) is 16.1 Å². The van der Waals surface area contributed by atoms with Crippen molar-refractivity contribution in [3.05, 3.63) is 64.4 Å². The number of aromatic carboxylic acids is 1. The Hall–Kier alpha value is -1.87. The van der Waals surface area contributed by atoms with Crippen molar-refractivity contribution >= 4 is 17.6 Å². The van der Waals surface area contributed by atoms with Crippen LogP contribution < -0.4 is 0 Å². The van der Waals surface area contributed by atoms with E-state index in [-0.39, 0.29) is 5.56 Å². The molecule has 0 spiro atoms. The van der Waals surface area contributed by atoms with E-state index < -0.39 is 5.97 Å². The summed E-state index contributed by atoms with van der Waals surface area (Å²) in [6, 6.07) is 8.63. The number of benzene rings is 1. The molecular weight excluding hydrogens is 238 g/mol. The Labute approximate surface area is 104 Å². The van der Waals surface area contributed by atoms with Gasteiger partial charge in [0.1, 0.15) is 0 Å². The highest BCUT2D eigenvalue weighted by Gasteiger charge is 2.06. The first-order valence-corrected chi connectivity index (χ1v) is 5.44. The van der Waals surface area contributed by atoms with Gasteiger partial charge in [-0.1, -0.05) is 11.6 Å². The minimum absolute atomic E-state index is 0.210. The molecule has 2 rings (SSSR count). The summed E-state index contributed by atoms with van der Waals surface area (Å²) in [6.45, 7) is 0. The number of carbonyl (C=O) groups is 1. The van der Waals surface area contributed by atoms with E-state index in [0.29, 0.717) is 11.4 Å². The Bertz CT molecular complexity index is 540. The van der Waals surface area contributed by atoms with Crippen LogP contribution in [0, 0.1) is 0 Å². The lowest BCUT2D eigenvalue weighted by molar-refractivity contribution is 0.0697. The molecule has 1 aromatic carbocycles. The van der Waals surface area contributed by atoms with Gasteiger partial charge in [-0.3, -0.25) is 4.98 Å². The molecule has 1 heterocycles. The Morgan fingerprint density at radius 1 is 1.18 bits per heavy atom. The van der Waals surface area contributed by atoms with E-state index in [4.69, 9.17) is 16.7 Å². The van der Waals surface area contributed by atoms with E-state index in [0.717, 1.165) is 11.1 Å². The molecule has 17 heavy (non-hydrogen) atoms. The van der Waals surface area contributed by atoms with Crippen LogP contribution in [0.25, 0.3) is 0 Å². The van der Waals surface area contributed by atoms with Crippen LogP contribution in [0.15, 0.2) is 42.7 Å². The molecule has 0 unspecified atom stereocenters. The molecule has 3 nitrogen and oxygen atoms in total. The van der Waals surface area contributed by atoms with Gasteiger partial charge in [-0.2, -0.15) is 0 Å². The summed E-state index contributed by atoms with van der Waals surface area (Å²) in [5.41, 5.74) is 2.15. The lowest BCUT2D eigenvalue weighted by atomic mass is 10.0. The molecule has 2 aromatic rings. The Morgan fingerprint density at radius 3 is 2.53 bits per heavy atom. The Kier molecular flexibility index (Phi) is 3.40. The highest BCUT2D eigenvalue weighted by molar-refractivity contribution is 6.31. The molecule has 1 aromatic heterocycles. The van der Waals surface area contributed by atoms with E-state index in [1.165, 1.54) is 6.07 Å². The van der Waals surface area contributed by atoms with Crippen molar-refractivity contribution in [2.75, 3.05) is 0 Å². The van der Waals surface area contributed by atoms with Gasteiger partial charge in [-0.25, -0.2) is 4.79 Å². The predicted octanol–water partition coefficient (Wildman–Crippen LogP) is 3.02. The van der Waals surface area contributed by atoms with Crippen molar-refractivity contribution in [1.29, 1.82) is 0 Å². The third-order valence-corrected chi connectivity index (χ3v) is 2.58. The summed E-state index contributed by atoms with van der Waals surface area (Å²) in [7, 11) is 0. The van der Waals surface area contributed by atoms with Gasteiger partial charge in [0.25, 0.3) is 0 Å². The van der Waals surface area contributed by atoms with Crippen LogP contribution in [0.3, 0.4) is 0 Å². The number of hydrogen-bond donors (Lipinski definition) is 1. The fourth-order valence-electron chi connectivity index (χ4n) is 1.61. The molecule has 0 fully saturated rings. The molecule has 0 aliphatic heterocycles. The van der Waals surface area contributed by atoms with Gasteiger partial charge in [0.15, 0.2) is 0 Å². The van der Waals surface area contributed by atoms with E-state index >= 15 is 0 Å². The summed E-state index contributed by atoms with van der Waals surface area (Å²) in [5.74, 6) is -0.969. The normalized spacial score (nSPS) is 10.2. The maximum atomic E-state index is 10.9. The Balaban J connectivity index is 2.30. The number of carboxylic acid groups (broad SMARTS) is 1. The zero-order valence-corrected chi connectivity index (χ0v) is 9.69.